The van der Waals surface area contributed by atoms with E-state index in [4.69, 9.17) is 11.6 Å². The van der Waals surface area contributed by atoms with Crippen LogP contribution in [0.2, 0.25) is 5.02 Å². The number of anilines is 2. The molecule has 0 saturated carbocycles. The molecule has 168 valence electrons. The van der Waals surface area contributed by atoms with Crippen molar-refractivity contribution in [3.8, 4) is 16.9 Å². The molecule has 0 aliphatic heterocycles. The van der Waals surface area contributed by atoms with Gasteiger partial charge in [0.05, 0.1) is 12.0 Å². The van der Waals surface area contributed by atoms with Gasteiger partial charge in [0.15, 0.2) is 17.2 Å². The molecule has 0 bridgehead atoms. The summed E-state index contributed by atoms with van der Waals surface area (Å²) in [6.45, 7) is 4.24. The first-order chi connectivity index (χ1) is 16.6. The Kier molecular flexibility index (Phi) is 6.12. The maximum absolute atomic E-state index is 14.3. The number of halogens is 2. The van der Waals surface area contributed by atoms with Gasteiger partial charge < -0.3 is 4.57 Å². The van der Waals surface area contributed by atoms with Crippen LogP contribution in [-0.4, -0.2) is 9.55 Å². The van der Waals surface area contributed by atoms with Gasteiger partial charge in [0.25, 0.3) is 0 Å². The second kappa shape index (κ2) is 9.51. The Morgan fingerprint density at radius 3 is 2.50 bits per heavy atom. The zero-order valence-corrected chi connectivity index (χ0v) is 19.5. The summed E-state index contributed by atoms with van der Waals surface area (Å²) in [5.41, 5.74) is 8.21. The van der Waals surface area contributed by atoms with Gasteiger partial charge in [-0.25, -0.2) is 20.1 Å². The van der Waals surface area contributed by atoms with Crippen LogP contribution in [0, 0.1) is 5.82 Å². The first-order valence-electron chi connectivity index (χ1n) is 10.4. The Morgan fingerprint density at radius 2 is 1.79 bits per heavy atom. The van der Waals surface area contributed by atoms with Crippen LogP contribution in [0.5, 0.6) is 0 Å². The molecule has 2 N–H and O–H groups in total. The summed E-state index contributed by atoms with van der Waals surface area (Å²) in [4.78, 5) is 4.09. The maximum atomic E-state index is 14.3. The van der Waals surface area contributed by atoms with E-state index in [0.29, 0.717) is 21.5 Å². The Balaban J connectivity index is 1.48. The Labute approximate surface area is 205 Å². The van der Waals surface area contributed by atoms with E-state index in [9.17, 15) is 4.39 Å². The molecular weight excluding hydrogens is 469 g/mol. The van der Waals surface area contributed by atoms with Crippen LogP contribution >= 0.6 is 22.9 Å². The zero-order chi connectivity index (χ0) is 23.5. The van der Waals surface area contributed by atoms with Gasteiger partial charge in [-0.3, -0.25) is 0 Å². The second-order valence-electron chi connectivity index (χ2n) is 7.48. The lowest BCUT2D eigenvalue weighted by molar-refractivity contribution is -0.611. The van der Waals surface area contributed by atoms with Gasteiger partial charge in [-0.1, -0.05) is 53.8 Å². The van der Waals surface area contributed by atoms with Crippen LogP contribution in [0.1, 0.15) is 5.56 Å². The van der Waals surface area contributed by atoms with E-state index in [1.54, 1.807) is 30.7 Å². The number of para-hydroxylation sites is 1. The van der Waals surface area contributed by atoms with Crippen LogP contribution in [0.4, 0.5) is 15.2 Å². The summed E-state index contributed by atoms with van der Waals surface area (Å²) in [6.07, 6.45) is 5.38. The van der Waals surface area contributed by atoms with Crippen molar-refractivity contribution in [2.75, 3.05) is 10.7 Å². The van der Waals surface area contributed by atoms with Crippen molar-refractivity contribution in [2.24, 2.45) is 0 Å². The first-order valence-corrected chi connectivity index (χ1v) is 11.7. The second-order valence-corrected chi connectivity index (χ2v) is 8.77. The van der Waals surface area contributed by atoms with E-state index in [-0.39, 0.29) is 5.82 Å². The minimum Gasteiger partial charge on any atom is -0.306 e. The predicted molar refractivity (Wildman–Crippen MR) is 137 cm³/mol. The van der Waals surface area contributed by atoms with Gasteiger partial charge in [0, 0.05) is 39.6 Å². The molecule has 2 heterocycles. The Hall–Kier alpha value is -3.94. The molecule has 0 spiro atoms. The maximum Gasteiger partial charge on any atom is 0.363 e. The highest BCUT2D eigenvalue weighted by atomic mass is 35.5. The summed E-state index contributed by atoms with van der Waals surface area (Å²) in [7, 11) is 0. The van der Waals surface area contributed by atoms with Crippen LogP contribution in [0.25, 0.3) is 22.6 Å². The number of benzene rings is 3. The number of thiazole rings is 1. The zero-order valence-electron chi connectivity index (χ0n) is 18.0. The molecular formula is C26H20ClFN5S+. The summed E-state index contributed by atoms with van der Waals surface area (Å²) in [5.74, 6) is -0.329. The quantitative estimate of drug-likeness (QED) is 0.252. The fourth-order valence-electron chi connectivity index (χ4n) is 3.46. The highest BCUT2D eigenvalue weighted by Crippen LogP contribution is 2.28. The van der Waals surface area contributed by atoms with Gasteiger partial charge in [-0.15, -0.1) is 4.68 Å². The third kappa shape index (κ3) is 4.57. The SMILES string of the molecule is C=C(N[n+]1c(-c2ccc(Cl)cc2)csc1Nc1ccccc1F)c1ccc(-n2ccnc2)cc1. The van der Waals surface area contributed by atoms with Crippen molar-refractivity contribution in [2.45, 2.75) is 0 Å². The third-order valence-electron chi connectivity index (χ3n) is 5.25. The van der Waals surface area contributed by atoms with Crippen molar-refractivity contribution >= 4 is 39.5 Å². The lowest BCUT2D eigenvalue weighted by atomic mass is 10.1. The molecule has 0 atom stereocenters. The molecule has 34 heavy (non-hydrogen) atoms. The standard InChI is InChI=1S/C26H19ClFN5S/c1-18(19-8-12-22(13-9-19)32-15-14-29-17-32)31-33-25(20-6-10-21(27)11-7-20)16-34-26(33)30-24-5-3-2-4-23(24)28/h2-17,31H,1H2/p+1. The van der Waals surface area contributed by atoms with E-state index >= 15 is 0 Å². The number of aromatic nitrogens is 3. The van der Waals surface area contributed by atoms with Crippen molar-refractivity contribution in [1.82, 2.24) is 9.55 Å². The van der Waals surface area contributed by atoms with Gasteiger partial charge >= 0.3 is 5.13 Å². The fraction of sp³-hybridized carbons (Fsp3) is 0. The summed E-state index contributed by atoms with van der Waals surface area (Å²) < 4.78 is 18.1. The monoisotopic (exact) mass is 488 g/mol. The largest absolute Gasteiger partial charge is 0.363 e. The number of hydrogen-bond donors (Lipinski definition) is 2. The van der Waals surface area contributed by atoms with Crippen LogP contribution in [-0.2, 0) is 0 Å². The molecule has 0 fully saturated rings. The molecule has 0 amide bonds. The van der Waals surface area contributed by atoms with Gasteiger partial charge in [-0.05, 0) is 48.5 Å². The fourth-order valence-corrected chi connectivity index (χ4v) is 4.47. The summed E-state index contributed by atoms with van der Waals surface area (Å²) in [6, 6.07) is 22.1. The number of imidazole rings is 1. The molecule has 0 unspecified atom stereocenters. The van der Waals surface area contributed by atoms with Crippen LogP contribution < -0.4 is 15.4 Å². The number of rotatable bonds is 7. The first kappa shape index (κ1) is 21.9. The lowest BCUT2D eigenvalue weighted by Crippen LogP contribution is -2.45. The molecule has 5 nitrogen and oxygen atoms in total. The minimum absolute atomic E-state index is 0.329. The van der Waals surface area contributed by atoms with Crippen molar-refractivity contribution in [3.63, 3.8) is 0 Å². The molecule has 0 aliphatic rings. The van der Waals surface area contributed by atoms with Crippen LogP contribution in [0.3, 0.4) is 0 Å². The van der Waals surface area contributed by atoms with E-state index in [2.05, 4.69) is 22.3 Å². The Bertz CT molecular complexity index is 1430. The number of nitrogens with zero attached hydrogens (tertiary/aromatic N) is 3. The summed E-state index contributed by atoms with van der Waals surface area (Å²) >= 11 is 7.54. The molecule has 0 aliphatic carbocycles. The highest BCUT2D eigenvalue weighted by molar-refractivity contribution is 7.13. The predicted octanol–water partition coefficient (Wildman–Crippen LogP) is 6.64. The number of hydrogen-bond acceptors (Lipinski definition) is 4. The molecule has 3 aromatic carbocycles. The van der Waals surface area contributed by atoms with Crippen molar-refractivity contribution < 1.29 is 9.07 Å². The van der Waals surface area contributed by atoms with E-state index in [1.165, 1.54) is 17.4 Å². The highest BCUT2D eigenvalue weighted by Gasteiger charge is 2.22. The van der Waals surface area contributed by atoms with Gasteiger partial charge in [-0.2, -0.15) is 0 Å². The third-order valence-corrected chi connectivity index (χ3v) is 6.35. The molecule has 5 aromatic rings. The van der Waals surface area contributed by atoms with Gasteiger partial charge in [0.1, 0.15) is 0 Å². The number of nitrogens with one attached hydrogen (secondary N) is 2. The average molecular weight is 489 g/mol. The minimum atomic E-state index is -0.329. The molecule has 2 aromatic heterocycles. The Morgan fingerprint density at radius 1 is 1.03 bits per heavy atom. The normalized spacial score (nSPS) is 10.8. The molecule has 0 radical (unpaired) electrons. The molecule has 5 rings (SSSR count). The topological polar surface area (TPSA) is 45.8 Å². The van der Waals surface area contributed by atoms with Crippen LogP contribution in [0.15, 0.2) is 103 Å². The average Bonchev–Trinajstić information content (AvgIpc) is 3.52. The summed E-state index contributed by atoms with van der Waals surface area (Å²) in [5, 5.41) is 6.55. The molecule has 0 saturated heterocycles. The van der Waals surface area contributed by atoms with Crippen molar-refractivity contribution in [1.29, 1.82) is 0 Å². The molecule has 8 heteroatoms. The lowest BCUT2D eigenvalue weighted by Gasteiger charge is -2.12. The van der Waals surface area contributed by atoms with Gasteiger partial charge in [0.2, 0.25) is 0 Å². The van der Waals surface area contributed by atoms with Crippen molar-refractivity contribution in [3.05, 3.63) is 120 Å². The smallest absolute Gasteiger partial charge is 0.306 e. The van der Waals surface area contributed by atoms with E-state index in [0.717, 1.165) is 22.5 Å². The van der Waals surface area contributed by atoms with E-state index in [1.807, 2.05) is 69.4 Å². The van der Waals surface area contributed by atoms with E-state index < -0.39 is 0 Å².